The van der Waals surface area contributed by atoms with Crippen molar-refractivity contribution in [3.8, 4) is 0 Å². The molecule has 23 heavy (non-hydrogen) atoms. The zero-order valence-electron chi connectivity index (χ0n) is 12.8. The molecule has 2 aromatic rings. The number of carbonyl (C=O) groups is 1. The van der Waals surface area contributed by atoms with Crippen molar-refractivity contribution in [2.45, 2.75) is 11.5 Å². The molecule has 5 rings (SSSR count). The van der Waals surface area contributed by atoms with Gasteiger partial charge in [-0.25, -0.2) is 0 Å². The van der Waals surface area contributed by atoms with Gasteiger partial charge < -0.3 is 14.9 Å². The molecule has 3 aliphatic carbocycles. The first-order chi connectivity index (χ1) is 11.1. The highest BCUT2D eigenvalue weighted by Gasteiger charge is 2.60. The van der Waals surface area contributed by atoms with Crippen molar-refractivity contribution in [1.82, 2.24) is 0 Å². The molecule has 0 spiro atoms. The Morgan fingerprint density at radius 1 is 1.09 bits per heavy atom. The van der Waals surface area contributed by atoms with Crippen LogP contribution in [-0.2, 0) is 15.1 Å². The Bertz CT molecular complexity index is 735. The SMILES string of the molecule is COC(=O)[C@@H]1C2c3ccccc3C(O)(c3ccccc32)[C@H]1CO. The zero-order chi connectivity index (χ0) is 16.2. The van der Waals surface area contributed by atoms with E-state index in [4.69, 9.17) is 4.74 Å². The first-order valence-corrected chi connectivity index (χ1v) is 7.74. The third-order valence-corrected chi connectivity index (χ3v) is 5.41. The second-order valence-electron chi connectivity index (χ2n) is 6.26. The van der Waals surface area contributed by atoms with Crippen molar-refractivity contribution < 1.29 is 19.7 Å². The van der Waals surface area contributed by atoms with Crippen molar-refractivity contribution >= 4 is 5.97 Å². The van der Waals surface area contributed by atoms with E-state index in [1.54, 1.807) is 0 Å². The van der Waals surface area contributed by atoms with E-state index in [9.17, 15) is 15.0 Å². The lowest BCUT2D eigenvalue weighted by Crippen LogP contribution is -2.55. The summed E-state index contributed by atoms with van der Waals surface area (Å²) in [5.74, 6) is -1.82. The van der Waals surface area contributed by atoms with Crippen molar-refractivity contribution in [3.63, 3.8) is 0 Å². The fraction of sp³-hybridized carbons (Fsp3) is 0.316. The Balaban J connectivity index is 2.07. The van der Waals surface area contributed by atoms with E-state index in [0.717, 1.165) is 22.3 Å². The number of aliphatic hydroxyl groups excluding tert-OH is 1. The quantitative estimate of drug-likeness (QED) is 0.830. The fourth-order valence-corrected chi connectivity index (χ4v) is 4.50. The summed E-state index contributed by atoms with van der Waals surface area (Å²) in [7, 11) is 1.35. The van der Waals surface area contributed by atoms with Gasteiger partial charge in [0.15, 0.2) is 0 Å². The Morgan fingerprint density at radius 2 is 1.61 bits per heavy atom. The van der Waals surface area contributed by atoms with Gasteiger partial charge in [-0.05, 0) is 22.3 Å². The van der Waals surface area contributed by atoms with Crippen molar-refractivity contribution in [2.75, 3.05) is 13.7 Å². The molecule has 0 radical (unpaired) electrons. The highest BCUT2D eigenvalue weighted by atomic mass is 16.5. The van der Waals surface area contributed by atoms with Crippen LogP contribution in [-0.4, -0.2) is 29.9 Å². The van der Waals surface area contributed by atoms with Crippen molar-refractivity contribution in [2.24, 2.45) is 11.8 Å². The van der Waals surface area contributed by atoms with Crippen LogP contribution in [0.1, 0.15) is 28.2 Å². The van der Waals surface area contributed by atoms with Crippen molar-refractivity contribution in [1.29, 1.82) is 0 Å². The maximum atomic E-state index is 12.4. The summed E-state index contributed by atoms with van der Waals surface area (Å²) in [6.07, 6.45) is 0. The molecular formula is C19H18O4. The van der Waals surface area contributed by atoms with Crippen LogP contribution in [0, 0.1) is 11.8 Å². The van der Waals surface area contributed by atoms with Crippen LogP contribution in [0.3, 0.4) is 0 Å². The van der Waals surface area contributed by atoms with Crippen LogP contribution in [0.2, 0.25) is 0 Å². The molecule has 0 heterocycles. The van der Waals surface area contributed by atoms with E-state index in [2.05, 4.69) is 0 Å². The largest absolute Gasteiger partial charge is 0.469 e. The second-order valence-corrected chi connectivity index (χ2v) is 6.26. The molecule has 3 aliphatic rings. The number of benzene rings is 2. The minimum atomic E-state index is -1.38. The van der Waals surface area contributed by atoms with Crippen molar-refractivity contribution in [3.05, 3.63) is 70.8 Å². The molecule has 4 heteroatoms. The standard InChI is InChI=1S/C19H18O4/c1-23-18(21)17-15(10-20)19(22)13-8-4-2-6-11(13)16(17)12-7-3-5-9-14(12)19/h2-9,15-17,20,22H,10H2,1H3/t15-,16?,17-,19?/m0/s1. The van der Waals surface area contributed by atoms with E-state index in [0.29, 0.717) is 0 Å². The normalized spacial score (nSPS) is 30.5. The minimum absolute atomic E-state index is 0.207. The van der Waals surface area contributed by atoms with Crippen LogP contribution >= 0.6 is 0 Å². The van der Waals surface area contributed by atoms with E-state index in [1.807, 2.05) is 48.5 Å². The predicted octanol–water partition coefficient (Wildman–Crippen LogP) is 1.78. The maximum Gasteiger partial charge on any atom is 0.310 e. The molecule has 2 atom stereocenters. The molecule has 0 unspecified atom stereocenters. The number of hydrogen-bond donors (Lipinski definition) is 2. The summed E-state index contributed by atoms with van der Waals surface area (Å²) in [4.78, 5) is 12.4. The number of esters is 1. The first-order valence-electron chi connectivity index (χ1n) is 7.74. The van der Waals surface area contributed by atoms with Gasteiger partial charge in [-0.1, -0.05) is 48.5 Å². The molecule has 2 aromatic carbocycles. The van der Waals surface area contributed by atoms with Gasteiger partial charge in [0.25, 0.3) is 0 Å². The number of fused-ring (bicyclic) bond motifs is 1. The number of ether oxygens (including phenoxy) is 1. The molecule has 4 nitrogen and oxygen atoms in total. The number of carbonyl (C=O) groups excluding carboxylic acids is 1. The Hall–Kier alpha value is -2.17. The van der Waals surface area contributed by atoms with Gasteiger partial charge in [0.1, 0.15) is 5.60 Å². The van der Waals surface area contributed by atoms with Crippen LogP contribution in [0.15, 0.2) is 48.5 Å². The highest BCUT2D eigenvalue weighted by molar-refractivity contribution is 5.78. The third-order valence-electron chi connectivity index (χ3n) is 5.41. The third kappa shape index (κ3) is 1.65. The fourth-order valence-electron chi connectivity index (χ4n) is 4.50. The van der Waals surface area contributed by atoms with Gasteiger partial charge in [0, 0.05) is 11.8 Å². The Kier molecular flexibility index (Phi) is 3.08. The number of rotatable bonds is 2. The lowest BCUT2D eigenvalue weighted by molar-refractivity contribution is -0.157. The summed E-state index contributed by atoms with van der Waals surface area (Å²) >= 11 is 0. The summed E-state index contributed by atoms with van der Waals surface area (Å²) < 4.78 is 4.99. The highest BCUT2D eigenvalue weighted by Crippen LogP contribution is 2.60. The van der Waals surface area contributed by atoms with E-state index in [1.165, 1.54) is 7.11 Å². The van der Waals surface area contributed by atoms with Crippen LogP contribution in [0.25, 0.3) is 0 Å². The Morgan fingerprint density at radius 3 is 2.09 bits per heavy atom. The van der Waals surface area contributed by atoms with Gasteiger partial charge in [-0.2, -0.15) is 0 Å². The second kappa shape index (κ2) is 4.91. The van der Waals surface area contributed by atoms with Gasteiger partial charge in [0.2, 0.25) is 0 Å². The van der Waals surface area contributed by atoms with Crippen LogP contribution in [0.5, 0.6) is 0 Å². The summed E-state index contributed by atoms with van der Waals surface area (Å²) in [5.41, 5.74) is 2.06. The molecule has 0 aromatic heterocycles. The molecule has 0 saturated carbocycles. The molecular weight excluding hydrogens is 292 g/mol. The molecule has 0 saturated heterocycles. The number of aliphatic hydroxyl groups is 2. The summed E-state index contributed by atoms with van der Waals surface area (Å²) in [6.45, 7) is -0.282. The van der Waals surface area contributed by atoms with Crippen LogP contribution in [0.4, 0.5) is 0 Å². The van der Waals surface area contributed by atoms with E-state index >= 15 is 0 Å². The lowest BCUT2D eigenvalue weighted by Gasteiger charge is -2.53. The number of hydrogen-bond acceptors (Lipinski definition) is 4. The van der Waals surface area contributed by atoms with Crippen LogP contribution < -0.4 is 0 Å². The average molecular weight is 310 g/mol. The smallest absolute Gasteiger partial charge is 0.310 e. The lowest BCUT2D eigenvalue weighted by atomic mass is 9.52. The van der Waals surface area contributed by atoms with Gasteiger partial charge in [0.05, 0.1) is 19.6 Å². The zero-order valence-corrected chi connectivity index (χ0v) is 12.8. The first kappa shape index (κ1) is 14.4. The molecule has 2 bridgehead atoms. The van der Waals surface area contributed by atoms with Gasteiger partial charge in [-0.3, -0.25) is 4.79 Å². The summed E-state index contributed by atoms with van der Waals surface area (Å²) in [5, 5.41) is 21.6. The minimum Gasteiger partial charge on any atom is -0.469 e. The number of methoxy groups -OCH3 is 1. The topological polar surface area (TPSA) is 66.8 Å². The molecule has 0 amide bonds. The molecule has 118 valence electrons. The molecule has 0 fully saturated rings. The maximum absolute atomic E-state index is 12.4. The van der Waals surface area contributed by atoms with E-state index in [-0.39, 0.29) is 12.5 Å². The molecule has 0 aliphatic heterocycles. The van der Waals surface area contributed by atoms with Gasteiger partial charge >= 0.3 is 5.97 Å². The monoisotopic (exact) mass is 310 g/mol. The predicted molar refractivity (Wildman–Crippen MR) is 83.8 cm³/mol. The summed E-state index contributed by atoms with van der Waals surface area (Å²) in [6, 6.07) is 15.2. The average Bonchev–Trinajstić information content (AvgIpc) is 2.61. The van der Waals surface area contributed by atoms with Gasteiger partial charge in [-0.15, -0.1) is 0 Å². The molecule has 2 N–H and O–H groups in total. The Labute approximate surface area is 134 Å². The van der Waals surface area contributed by atoms with E-state index < -0.39 is 23.4 Å².